The summed E-state index contributed by atoms with van der Waals surface area (Å²) in [5, 5.41) is 0. The second-order valence-corrected chi connectivity index (χ2v) is 6.41. The van der Waals surface area contributed by atoms with Crippen LogP contribution in [0, 0.1) is 5.82 Å². The topological polar surface area (TPSA) is 49.9 Å². The van der Waals surface area contributed by atoms with E-state index in [4.69, 9.17) is 4.74 Å². The van der Waals surface area contributed by atoms with Gasteiger partial charge in [-0.15, -0.1) is 0 Å². The molecule has 1 aliphatic heterocycles. The number of piperazine rings is 1. The zero-order valence-electron chi connectivity index (χ0n) is 15.4. The molecule has 0 radical (unpaired) electrons. The minimum absolute atomic E-state index is 0.0149. The molecule has 0 unspecified atom stereocenters. The van der Waals surface area contributed by atoms with Gasteiger partial charge in [-0.25, -0.2) is 9.18 Å². The predicted molar refractivity (Wildman–Crippen MR) is 101 cm³/mol. The smallest absolute Gasteiger partial charge is 0.340 e. The number of rotatable bonds is 5. The Bertz CT molecular complexity index is 817. The lowest BCUT2D eigenvalue weighted by Gasteiger charge is -2.36. The Morgan fingerprint density at radius 2 is 1.78 bits per heavy atom. The van der Waals surface area contributed by atoms with Crippen LogP contribution in [-0.4, -0.2) is 49.6 Å². The van der Waals surface area contributed by atoms with Crippen molar-refractivity contribution in [1.29, 1.82) is 0 Å². The monoisotopic (exact) mass is 370 g/mol. The molecule has 1 aliphatic rings. The molecule has 2 aromatic carbocycles. The molecule has 1 amide bonds. The van der Waals surface area contributed by atoms with E-state index in [1.54, 1.807) is 30.0 Å². The molecule has 142 valence electrons. The maximum Gasteiger partial charge on any atom is 0.340 e. The summed E-state index contributed by atoms with van der Waals surface area (Å²) in [6.07, 6.45) is 0.192. The molecule has 3 rings (SSSR count). The quantitative estimate of drug-likeness (QED) is 0.760. The summed E-state index contributed by atoms with van der Waals surface area (Å²) in [6, 6.07) is 13.5. The van der Waals surface area contributed by atoms with Crippen molar-refractivity contribution in [2.24, 2.45) is 0 Å². The number of carbonyl (C=O) groups is 2. The number of halogens is 1. The van der Waals surface area contributed by atoms with Crippen molar-refractivity contribution in [2.45, 2.75) is 13.3 Å². The first-order valence-corrected chi connectivity index (χ1v) is 9.12. The van der Waals surface area contributed by atoms with Crippen LogP contribution in [0.1, 0.15) is 22.8 Å². The molecule has 1 saturated heterocycles. The van der Waals surface area contributed by atoms with Gasteiger partial charge in [0.25, 0.3) is 0 Å². The van der Waals surface area contributed by atoms with E-state index in [-0.39, 0.29) is 24.1 Å². The Morgan fingerprint density at radius 1 is 1.04 bits per heavy atom. The molecule has 1 fully saturated rings. The molecule has 0 atom stereocenters. The van der Waals surface area contributed by atoms with Gasteiger partial charge < -0.3 is 14.5 Å². The zero-order valence-corrected chi connectivity index (χ0v) is 15.4. The lowest BCUT2D eigenvalue weighted by atomic mass is 10.1. The Kier molecular flexibility index (Phi) is 6.06. The number of amides is 1. The van der Waals surface area contributed by atoms with Crippen LogP contribution in [0.15, 0.2) is 48.5 Å². The van der Waals surface area contributed by atoms with Gasteiger partial charge in [-0.05, 0) is 36.8 Å². The van der Waals surface area contributed by atoms with Crippen LogP contribution in [-0.2, 0) is 16.0 Å². The average Bonchev–Trinajstić information content (AvgIpc) is 2.68. The van der Waals surface area contributed by atoms with E-state index in [0.29, 0.717) is 43.9 Å². The van der Waals surface area contributed by atoms with Crippen LogP contribution in [0.4, 0.5) is 10.1 Å². The second kappa shape index (κ2) is 8.66. The number of nitrogens with zero attached hydrogens (tertiary/aromatic N) is 2. The molecular formula is C21H23FN2O3. The maximum atomic E-state index is 13.3. The standard InChI is InChI=1S/C21H23FN2O3/c1-2-27-21(26)18-8-3-4-9-19(18)23-10-12-24(13-11-23)20(25)15-16-6-5-7-17(22)14-16/h3-9,14H,2,10-13,15H2,1H3. The number of benzene rings is 2. The van der Waals surface area contributed by atoms with Gasteiger partial charge in [0, 0.05) is 26.2 Å². The summed E-state index contributed by atoms with van der Waals surface area (Å²) in [5.41, 5.74) is 2.04. The number of hydrogen-bond acceptors (Lipinski definition) is 4. The van der Waals surface area contributed by atoms with Crippen LogP contribution in [0.5, 0.6) is 0 Å². The first kappa shape index (κ1) is 18.9. The van der Waals surface area contributed by atoms with E-state index in [9.17, 15) is 14.0 Å². The predicted octanol–water partition coefficient (Wildman–Crippen LogP) is 2.89. The number of hydrogen-bond donors (Lipinski definition) is 0. The van der Waals surface area contributed by atoms with Crippen LogP contribution >= 0.6 is 0 Å². The van der Waals surface area contributed by atoms with Gasteiger partial charge in [0.2, 0.25) is 5.91 Å². The Morgan fingerprint density at radius 3 is 2.48 bits per heavy atom. The van der Waals surface area contributed by atoms with E-state index in [2.05, 4.69) is 4.90 Å². The minimum Gasteiger partial charge on any atom is -0.462 e. The lowest BCUT2D eigenvalue weighted by molar-refractivity contribution is -0.130. The first-order chi connectivity index (χ1) is 13.1. The molecule has 6 heteroatoms. The first-order valence-electron chi connectivity index (χ1n) is 9.12. The van der Waals surface area contributed by atoms with Crippen molar-refractivity contribution in [3.8, 4) is 0 Å². The van der Waals surface area contributed by atoms with E-state index < -0.39 is 0 Å². The van der Waals surface area contributed by atoms with Gasteiger partial charge in [-0.3, -0.25) is 4.79 Å². The highest BCUT2D eigenvalue weighted by Crippen LogP contribution is 2.23. The highest BCUT2D eigenvalue weighted by atomic mass is 19.1. The van der Waals surface area contributed by atoms with Gasteiger partial charge in [0.1, 0.15) is 5.82 Å². The summed E-state index contributed by atoms with van der Waals surface area (Å²) < 4.78 is 18.4. The number of esters is 1. The van der Waals surface area contributed by atoms with Crippen molar-refractivity contribution in [1.82, 2.24) is 4.90 Å². The van der Waals surface area contributed by atoms with Crippen molar-refractivity contribution in [3.63, 3.8) is 0 Å². The molecule has 27 heavy (non-hydrogen) atoms. The summed E-state index contributed by atoms with van der Waals surface area (Å²) in [7, 11) is 0. The number of para-hydroxylation sites is 1. The van der Waals surface area contributed by atoms with Gasteiger partial charge in [-0.1, -0.05) is 24.3 Å². The summed E-state index contributed by atoms with van der Waals surface area (Å²) in [6.45, 7) is 4.49. The molecular weight excluding hydrogens is 347 g/mol. The van der Waals surface area contributed by atoms with E-state index in [1.165, 1.54) is 12.1 Å². The third-order valence-corrected chi connectivity index (χ3v) is 4.62. The third-order valence-electron chi connectivity index (χ3n) is 4.62. The maximum absolute atomic E-state index is 13.3. The fourth-order valence-electron chi connectivity index (χ4n) is 3.26. The Balaban J connectivity index is 1.62. The molecule has 5 nitrogen and oxygen atoms in total. The van der Waals surface area contributed by atoms with Gasteiger partial charge >= 0.3 is 5.97 Å². The fraction of sp³-hybridized carbons (Fsp3) is 0.333. The molecule has 1 heterocycles. The van der Waals surface area contributed by atoms with Crippen molar-refractivity contribution in [2.75, 3.05) is 37.7 Å². The van der Waals surface area contributed by atoms with Crippen LogP contribution in [0.3, 0.4) is 0 Å². The van der Waals surface area contributed by atoms with Crippen molar-refractivity contribution in [3.05, 3.63) is 65.5 Å². The van der Waals surface area contributed by atoms with Crippen LogP contribution < -0.4 is 4.90 Å². The molecule has 0 N–H and O–H groups in total. The van der Waals surface area contributed by atoms with Gasteiger partial charge in [0.05, 0.1) is 24.3 Å². The van der Waals surface area contributed by atoms with Gasteiger partial charge in [0.15, 0.2) is 0 Å². The van der Waals surface area contributed by atoms with E-state index in [1.807, 2.05) is 18.2 Å². The van der Waals surface area contributed by atoms with Crippen LogP contribution in [0.2, 0.25) is 0 Å². The molecule has 0 spiro atoms. The molecule has 2 aromatic rings. The second-order valence-electron chi connectivity index (χ2n) is 6.41. The average molecular weight is 370 g/mol. The largest absolute Gasteiger partial charge is 0.462 e. The minimum atomic E-state index is -0.335. The molecule has 0 aromatic heterocycles. The number of anilines is 1. The van der Waals surface area contributed by atoms with E-state index >= 15 is 0 Å². The Hall–Kier alpha value is -2.89. The van der Waals surface area contributed by atoms with Crippen molar-refractivity contribution < 1.29 is 18.7 Å². The van der Waals surface area contributed by atoms with Crippen LogP contribution in [0.25, 0.3) is 0 Å². The van der Waals surface area contributed by atoms with E-state index in [0.717, 1.165) is 5.69 Å². The molecule has 0 bridgehead atoms. The summed E-state index contributed by atoms with van der Waals surface area (Å²) in [4.78, 5) is 28.5. The molecule has 0 aliphatic carbocycles. The highest BCUT2D eigenvalue weighted by molar-refractivity contribution is 5.96. The lowest BCUT2D eigenvalue weighted by Crippen LogP contribution is -2.49. The molecule has 0 saturated carbocycles. The SMILES string of the molecule is CCOC(=O)c1ccccc1N1CCN(C(=O)Cc2cccc(F)c2)CC1. The van der Waals surface area contributed by atoms with Crippen molar-refractivity contribution >= 4 is 17.6 Å². The normalized spacial score (nSPS) is 14.1. The number of carbonyl (C=O) groups excluding carboxylic acids is 2. The van der Waals surface area contributed by atoms with Gasteiger partial charge in [-0.2, -0.15) is 0 Å². The third kappa shape index (κ3) is 4.64. The summed E-state index contributed by atoms with van der Waals surface area (Å²) >= 11 is 0. The fourth-order valence-corrected chi connectivity index (χ4v) is 3.26. The highest BCUT2D eigenvalue weighted by Gasteiger charge is 2.24. The number of ether oxygens (including phenoxy) is 1. The zero-order chi connectivity index (χ0) is 19.2. The summed E-state index contributed by atoms with van der Waals surface area (Å²) in [5.74, 6) is -0.683. The Labute approximate surface area is 158 Å².